The quantitative estimate of drug-likeness (QED) is 0.566. The molecule has 0 bridgehead atoms. The van der Waals surface area contributed by atoms with Gasteiger partial charge in [-0.05, 0) is 24.5 Å². The van der Waals surface area contributed by atoms with E-state index < -0.39 is 0 Å². The lowest BCUT2D eigenvalue weighted by molar-refractivity contribution is 0.300. The number of anilines is 2. The molecule has 0 aliphatic carbocycles. The minimum atomic E-state index is 0.104. The summed E-state index contributed by atoms with van der Waals surface area (Å²) >= 11 is 0. The van der Waals surface area contributed by atoms with Gasteiger partial charge in [0.2, 0.25) is 0 Å². The third-order valence-corrected chi connectivity index (χ3v) is 1.98. The monoisotopic (exact) mass is 166 g/mol. The highest BCUT2D eigenvalue weighted by Gasteiger charge is 2.03. The molecule has 0 aliphatic rings. The van der Waals surface area contributed by atoms with Crippen LogP contribution in [-0.4, -0.2) is 11.7 Å². The molecule has 0 spiro atoms. The van der Waals surface area contributed by atoms with Crippen LogP contribution in [0.5, 0.6) is 0 Å². The van der Waals surface area contributed by atoms with Gasteiger partial charge in [0.1, 0.15) is 0 Å². The second-order valence-electron chi connectivity index (χ2n) is 2.84. The van der Waals surface area contributed by atoms with Crippen molar-refractivity contribution in [3.63, 3.8) is 0 Å². The van der Waals surface area contributed by atoms with Gasteiger partial charge in [-0.15, -0.1) is 0 Å². The fourth-order valence-corrected chi connectivity index (χ4v) is 1.13. The average molecular weight is 166 g/mol. The van der Waals surface area contributed by atoms with Crippen LogP contribution in [0.2, 0.25) is 0 Å². The summed E-state index contributed by atoms with van der Waals surface area (Å²) in [7, 11) is 0. The van der Waals surface area contributed by atoms with Crippen molar-refractivity contribution < 1.29 is 5.11 Å². The standard InChI is InChI=1S/C9H14N2O/c1-6-2-3-7(4-5-12)9(11)8(6)10/h2-3,12H,4-5,10-11H2,1H3. The van der Waals surface area contributed by atoms with Gasteiger partial charge < -0.3 is 16.6 Å². The van der Waals surface area contributed by atoms with E-state index >= 15 is 0 Å². The van der Waals surface area contributed by atoms with Crippen LogP contribution in [0.15, 0.2) is 12.1 Å². The van der Waals surface area contributed by atoms with Crippen molar-refractivity contribution in [3.8, 4) is 0 Å². The van der Waals surface area contributed by atoms with Crippen LogP contribution in [0.4, 0.5) is 11.4 Å². The van der Waals surface area contributed by atoms with E-state index in [-0.39, 0.29) is 6.61 Å². The first-order valence-electron chi connectivity index (χ1n) is 3.91. The van der Waals surface area contributed by atoms with Crippen LogP contribution in [0.1, 0.15) is 11.1 Å². The topological polar surface area (TPSA) is 72.3 Å². The average Bonchev–Trinajstić information content (AvgIpc) is 2.07. The molecule has 0 amide bonds. The Kier molecular flexibility index (Phi) is 2.55. The zero-order valence-corrected chi connectivity index (χ0v) is 7.17. The van der Waals surface area contributed by atoms with Gasteiger partial charge >= 0.3 is 0 Å². The predicted octanol–water partition coefficient (Wildman–Crippen LogP) is 0.694. The van der Waals surface area contributed by atoms with Crippen LogP contribution in [0.25, 0.3) is 0 Å². The minimum absolute atomic E-state index is 0.104. The number of hydrogen-bond donors (Lipinski definition) is 3. The third kappa shape index (κ3) is 1.51. The molecule has 0 radical (unpaired) electrons. The van der Waals surface area contributed by atoms with E-state index in [2.05, 4.69) is 0 Å². The van der Waals surface area contributed by atoms with Crippen molar-refractivity contribution >= 4 is 11.4 Å². The summed E-state index contributed by atoms with van der Waals surface area (Å²) in [4.78, 5) is 0. The molecule has 1 rings (SSSR count). The molecule has 12 heavy (non-hydrogen) atoms. The third-order valence-electron chi connectivity index (χ3n) is 1.98. The van der Waals surface area contributed by atoms with Gasteiger partial charge in [0.15, 0.2) is 0 Å². The number of nitrogens with two attached hydrogens (primary N) is 2. The maximum Gasteiger partial charge on any atom is 0.0583 e. The van der Waals surface area contributed by atoms with Gasteiger partial charge in [-0.25, -0.2) is 0 Å². The van der Waals surface area contributed by atoms with Crippen LogP contribution >= 0.6 is 0 Å². The van der Waals surface area contributed by atoms with E-state index in [0.29, 0.717) is 17.8 Å². The SMILES string of the molecule is Cc1ccc(CCO)c(N)c1N. The number of aliphatic hydroxyl groups is 1. The van der Waals surface area contributed by atoms with Gasteiger partial charge in [0.05, 0.1) is 11.4 Å². The second-order valence-corrected chi connectivity index (χ2v) is 2.84. The Morgan fingerprint density at radius 1 is 1.25 bits per heavy atom. The van der Waals surface area contributed by atoms with Gasteiger partial charge in [0, 0.05) is 6.61 Å². The Balaban J connectivity index is 3.08. The highest BCUT2D eigenvalue weighted by Crippen LogP contribution is 2.23. The summed E-state index contributed by atoms with van der Waals surface area (Å²) in [5, 5.41) is 8.71. The predicted molar refractivity (Wildman–Crippen MR) is 50.8 cm³/mol. The molecule has 0 aromatic heterocycles. The maximum atomic E-state index is 8.71. The lowest BCUT2D eigenvalue weighted by atomic mass is 10.1. The molecule has 0 unspecified atom stereocenters. The molecule has 0 saturated carbocycles. The van der Waals surface area contributed by atoms with E-state index in [9.17, 15) is 0 Å². The summed E-state index contributed by atoms with van der Waals surface area (Å²) in [6.07, 6.45) is 0.566. The Bertz CT molecular complexity index is 284. The van der Waals surface area contributed by atoms with Gasteiger partial charge in [-0.2, -0.15) is 0 Å². The number of aliphatic hydroxyl groups excluding tert-OH is 1. The lowest BCUT2D eigenvalue weighted by Gasteiger charge is -2.08. The fraction of sp³-hybridized carbons (Fsp3) is 0.333. The first-order chi connectivity index (χ1) is 5.66. The van der Waals surface area contributed by atoms with Crippen molar-refractivity contribution in [3.05, 3.63) is 23.3 Å². The first kappa shape index (κ1) is 8.87. The van der Waals surface area contributed by atoms with Crippen molar-refractivity contribution in [2.75, 3.05) is 18.1 Å². The van der Waals surface area contributed by atoms with E-state index in [0.717, 1.165) is 11.1 Å². The molecule has 3 heteroatoms. The van der Waals surface area contributed by atoms with Crippen LogP contribution in [-0.2, 0) is 6.42 Å². The summed E-state index contributed by atoms with van der Waals surface area (Å²) in [5.74, 6) is 0. The summed E-state index contributed by atoms with van der Waals surface area (Å²) < 4.78 is 0. The molecule has 1 aromatic carbocycles. The first-order valence-corrected chi connectivity index (χ1v) is 3.91. The Morgan fingerprint density at radius 2 is 1.92 bits per heavy atom. The van der Waals surface area contributed by atoms with Gasteiger partial charge in [0.25, 0.3) is 0 Å². The zero-order chi connectivity index (χ0) is 9.14. The van der Waals surface area contributed by atoms with E-state index in [1.165, 1.54) is 0 Å². The van der Waals surface area contributed by atoms with Gasteiger partial charge in [-0.3, -0.25) is 0 Å². The summed E-state index contributed by atoms with van der Waals surface area (Å²) in [6, 6.07) is 3.81. The smallest absolute Gasteiger partial charge is 0.0583 e. The summed E-state index contributed by atoms with van der Waals surface area (Å²) in [5.41, 5.74) is 14.6. The lowest BCUT2D eigenvalue weighted by Crippen LogP contribution is -2.03. The number of hydrogen-bond acceptors (Lipinski definition) is 3. The molecule has 0 aliphatic heterocycles. The molecule has 66 valence electrons. The van der Waals surface area contributed by atoms with Crippen LogP contribution in [0, 0.1) is 6.92 Å². The Morgan fingerprint density at radius 3 is 2.50 bits per heavy atom. The molecule has 0 saturated heterocycles. The van der Waals surface area contributed by atoms with Gasteiger partial charge in [-0.1, -0.05) is 12.1 Å². The maximum absolute atomic E-state index is 8.71. The number of benzene rings is 1. The van der Waals surface area contributed by atoms with Crippen LogP contribution < -0.4 is 11.5 Å². The number of aryl methyl sites for hydroxylation is 1. The van der Waals surface area contributed by atoms with E-state index in [1.54, 1.807) is 0 Å². The minimum Gasteiger partial charge on any atom is -0.397 e. The molecule has 3 nitrogen and oxygen atoms in total. The fourth-order valence-electron chi connectivity index (χ4n) is 1.13. The normalized spacial score (nSPS) is 10.2. The van der Waals surface area contributed by atoms with Crippen LogP contribution in [0.3, 0.4) is 0 Å². The largest absolute Gasteiger partial charge is 0.397 e. The molecule has 5 N–H and O–H groups in total. The Hall–Kier alpha value is -1.22. The van der Waals surface area contributed by atoms with E-state index in [1.807, 2.05) is 19.1 Å². The molecule has 0 fully saturated rings. The van der Waals surface area contributed by atoms with E-state index in [4.69, 9.17) is 16.6 Å². The summed E-state index contributed by atoms with van der Waals surface area (Å²) in [6.45, 7) is 2.01. The molecular formula is C9H14N2O. The number of nitrogen functional groups attached to an aromatic ring is 2. The van der Waals surface area contributed by atoms with Crippen molar-refractivity contribution in [2.45, 2.75) is 13.3 Å². The molecule has 0 atom stereocenters. The highest BCUT2D eigenvalue weighted by atomic mass is 16.2. The van der Waals surface area contributed by atoms with Crippen molar-refractivity contribution in [1.82, 2.24) is 0 Å². The van der Waals surface area contributed by atoms with Crippen molar-refractivity contribution in [2.24, 2.45) is 0 Å². The van der Waals surface area contributed by atoms with Crippen molar-refractivity contribution in [1.29, 1.82) is 0 Å². The highest BCUT2D eigenvalue weighted by molar-refractivity contribution is 5.70. The molecule has 1 aromatic rings. The molecule has 0 heterocycles. The molecular weight excluding hydrogens is 152 g/mol. The second kappa shape index (κ2) is 3.45. The number of rotatable bonds is 2. The zero-order valence-electron chi connectivity index (χ0n) is 7.17. The Labute approximate surface area is 72.0 Å².